The van der Waals surface area contributed by atoms with Gasteiger partial charge in [0.15, 0.2) is 5.69 Å². The fourth-order valence-electron chi connectivity index (χ4n) is 2.81. The van der Waals surface area contributed by atoms with E-state index >= 15 is 0 Å². The predicted octanol–water partition coefficient (Wildman–Crippen LogP) is 2.95. The van der Waals surface area contributed by atoms with Crippen molar-refractivity contribution in [2.45, 2.75) is 52.4 Å². The summed E-state index contributed by atoms with van der Waals surface area (Å²) in [6, 6.07) is 0. The van der Waals surface area contributed by atoms with E-state index in [4.69, 9.17) is 0 Å². The summed E-state index contributed by atoms with van der Waals surface area (Å²) in [5.41, 5.74) is 1.36. The summed E-state index contributed by atoms with van der Waals surface area (Å²) in [6.45, 7) is 7.01. The summed E-state index contributed by atoms with van der Waals surface area (Å²) in [4.78, 5) is 21.2. The monoisotopic (exact) mass is 290 g/mol. The molecule has 2 rings (SSSR count). The molecule has 5 heteroatoms. The van der Waals surface area contributed by atoms with Crippen LogP contribution in [-0.2, 0) is 0 Å². The number of hydrogen-bond acceptors (Lipinski definition) is 4. The van der Waals surface area contributed by atoms with E-state index in [-0.39, 0.29) is 17.2 Å². The minimum atomic E-state index is -0.114. The third kappa shape index (κ3) is 3.71. The van der Waals surface area contributed by atoms with Crippen molar-refractivity contribution in [1.82, 2.24) is 15.3 Å². The van der Waals surface area contributed by atoms with Crippen LogP contribution in [0.5, 0.6) is 0 Å². The molecule has 0 saturated heterocycles. The Morgan fingerprint density at radius 1 is 1.38 bits per heavy atom. The highest BCUT2D eigenvalue weighted by molar-refractivity contribution is 5.97. The van der Waals surface area contributed by atoms with Crippen molar-refractivity contribution in [2.24, 2.45) is 5.41 Å². The van der Waals surface area contributed by atoms with Crippen LogP contribution >= 0.6 is 0 Å². The second kappa shape index (κ2) is 6.41. The zero-order valence-electron chi connectivity index (χ0n) is 13.5. The van der Waals surface area contributed by atoms with Crippen LogP contribution in [0.2, 0.25) is 0 Å². The summed E-state index contributed by atoms with van der Waals surface area (Å²) in [5, 5.41) is 6.05. The third-order valence-electron chi connectivity index (χ3n) is 4.29. The van der Waals surface area contributed by atoms with E-state index in [9.17, 15) is 4.79 Å². The first-order valence-electron chi connectivity index (χ1n) is 7.78. The van der Waals surface area contributed by atoms with Gasteiger partial charge in [-0.2, -0.15) is 0 Å². The zero-order chi connectivity index (χ0) is 15.5. The first kappa shape index (κ1) is 15.7. The van der Waals surface area contributed by atoms with Crippen LogP contribution in [0.3, 0.4) is 0 Å². The maximum Gasteiger partial charge on any atom is 0.272 e. The van der Waals surface area contributed by atoms with Gasteiger partial charge in [-0.05, 0) is 18.3 Å². The molecule has 0 aromatic carbocycles. The first-order valence-corrected chi connectivity index (χ1v) is 7.78. The van der Waals surface area contributed by atoms with Crippen LogP contribution < -0.4 is 10.6 Å². The fourth-order valence-corrected chi connectivity index (χ4v) is 2.81. The van der Waals surface area contributed by atoms with Crippen LogP contribution in [0, 0.1) is 5.41 Å². The van der Waals surface area contributed by atoms with Gasteiger partial charge in [-0.3, -0.25) is 4.79 Å². The molecule has 1 aliphatic carbocycles. The van der Waals surface area contributed by atoms with Crippen molar-refractivity contribution < 1.29 is 4.79 Å². The lowest BCUT2D eigenvalue weighted by Gasteiger charge is -2.23. The molecule has 0 unspecified atom stereocenters. The van der Waals surface area contributed by atoms with Gasteiger partial charge in [-0.1, -0.05) is 33.6 Å². The molecule has 1 aromatic rings. The number of carbonyl (C=O) groups is 1. The molecule has 1 heterocycles. The van der Waals surface area contributed by atoms with Gasteiger partial charge in [0.05, 0.1) is 11.9 Å². The molecule has 116 valence electrons. The van der Waals surface area contributed by atoms with Gasteiger partial charge in [0.25, 0.3) is 5.91 Å². The average Bonchev–Trinajstić information content (AvgIpc) is 2.91. The lowest BCUT2D eigenvalue weighted by Crippen LogP contribution is -2.35. The molecule has 1 fully saturated rings. The normalized spacial score (nSPS) is 17.0. The maximum atomic E-state index is 12.5. The summed E-state index contributed by atoms with van der Waals surface area (Å²) < 4.78 is 0. The van der Waals surface area contributed by atoms with Crippen molar-refractivity contribution in [3.8, 4) is 0 Å². The maximum absolute atomic E-state index is 12.5. The summed E-state index contributed by atoms with van der Waals surface area (Å²) in [7, 11) is 1.78. The van der Waals surface area contributed by atoms with E-state index in [2.05, 4.69) is 27.5 Å². The van der Waals surface area contributed by atoms with Gasteiger partial charge in [0.1, 0.15) is 5.82 Å². The van der Waals surface area contributed by atoms with Gasteiger partial charge in [0.2, 0.25) is 0 Å². The zero-order valence-corrected chi connectivity index (χ0v) is 13.5. The van der Waals surface area contributed by atoms with Crippen molar-refractivity contribution in [3.63, 3.8) is 0 Å². The van der Waals surface area contributed by atoms with E-state index in [0.29, 0.717) is 17.2 Å². The molecule has 0 spiro atoms. The molecule has 0 atom stereocenters. The molecule has 1 aromatic heterocycles. The number of aromatic nitrogens is 2. The van der Waals surface area contributed by atoms with Gasteiger partial charge in [-0.25, -0.2) is 9.97 Å². The van der Waals surface area contributed by atoms with E-state index in [0.717, 1.165) is 6.54 Å². The van der Waals surface area contributed by atoms with Gasteiger partial charge < -0.3 is 10.6 Å². The van der Waals surface area contributed by atoms with Gasteiger partial charge >= 0.3 is 0 Å². The van der Waals surface area contributed by atoms with E-state index in [1.807, 2.05) is 13.8 Å². The minimum absolute atomic E-state index is 0.114. The van der Waals surface area contributed by atoms with Gasteiger partial charge in [-0.15, -0.1) is 0 Å². The highest BCUT2D eigenvalue weighted by Gasteiger charge is 2.29. The van der Waals surface area contributed by atoms with Crippen molar-refractivity contribution in [2.75, 3.05) is 18.9 Å². The fraction of sp³-hybridized carbons (Fsp3) is 0.688. The summed E-state index contributed by atoms with van der Waals surface area (Å²) in [6.07, 6.45) is 6.59. The van der Waals surface area contributed by atoms with E-state index in [1.54, 1.807) is 13.2 Å². The average molecular weight is 290 g/mol. The van der Waals surface area contributed by atoms with Crippen LogP contribution in [0.4, 0.5) is 5.69 Å². The molecule has 1 aliphatic rings. The number of carbonyl (C=O) groups excluding carboxylic acids is 1. The first-order chi connectivity index (χ1) is 9.95. The van der Waals surface area contributed by atoms with Crippen LogP contribution in [0.25, 0.3) is 0 Å². The van der Waals surface area contributed by atoms with Crippen LogP contribution in [0.1, 0.15) is 68.7 Å². The molecule has 0 radical (unpaired) electrons. The van der Waals surface area contributed by atoms with E-state index in [1.165, 1.54) is 25.7 Å². The van der Waals surface area contributed by atoms with Crippen LogP contribution in [-0.4, -0.2) is 29.5 Å². The topological polar surface area (TPSA) is 66.9 Å². The number of anilines is 1. The number of rotatable bonds is 5. The molecule has 0 bridgehead atoms. The van der Waals surface area contributed by atoms with E-state index < -0.39 is 0 Å². The molecule has 0 aliphatic heterocycles. The Morgan fingerprint density at radius 3 is 2.62 bits per heavy atom. The smallest absolute Gasteiger partial charge is 0.272 e. The number of nitrogens with one attached hydrogen (secondary N) is 2. The Bertz CT molecular complexity index is 507. The highest BCUT2D eigenvalue weighted by atomic mass is 16.1. The van der Waals surface area contributed by atoms with Gasteiger partial charge in [0, 0.05) is 19.5 Å². The molecule has 1 amide bonds. The van der Waals surface area contributed by atoms with Crippen molar-refractivity contribution >= 4 is 11.6 Å². The quantitative estimate of drug-likeness (QED) is 0.875. The highest BCUT2D eigenvalue weighted by Crippen LogP contribution is 2.36. The molecular weight excluding hydrogens is 264 g/mol. The standard InChI is InChI=1S/C16H26N4O/c1-11(2)14-18-9-12(17-4)13(20-14)15(21)19-10-16(3)7-5-6-8-16/h9,11,17H,5-8,10H2,1-4H3,(H,19,21). The second-order valence-corrected chi connectivity index (χ2v) is 6.60. The minimum Gasteiger partial charge on any atom is -0.385 e. The Balaban J connectivity index is 2.11. The Labute approximate surface area is 127 Å². The lowest BCUT2D eigenvalue weighted by molar-refractivity contribution is 0.0929. The lowest BCUT2D eigenvalue weighted by atomic mass is 9.89. The van der Waals surface area contributed by atoms with Crippen molar-refractivity contribution in [1.29, 1.82) is 0 Å². The summed E-state index contributed by atoms with van der Waals surface area (Å²) in [5.74, 6) is 0.790. The third-order valence-corrected chi connectivity index (χ3v) is 4.29. The largest absolute Gasteiger partial charge is 0.385 e. The molecular formula is C16H26N4O. The number of nitrogens with zero attached hydrogens (tertiary/aromatic N) is 2. The molecule has 1 saturated carbocycles. The van der Waals surface area contributed by atoms with Crippen LogP contribution in [0.15, 0.2) is 6.20 Å². The Morgan fingerprint density at radius 2 is 2.05 bits per heavy atom. The number of hydrogen-bond donors (Lipinski definition) is 2. The molecule has 5 nitrogen and oxygen atoms in total. The SMILES string of the molecule is CNc1cnc(C(C)C)nc1C(=O)NCC1(C)CCCC1. The Kier molecular flexibility index (Phi) is 4.80. The predicted molar refractivity (Wildman–Crippen MR) is 84.6 cm³/mol. The summed E-state index contributed by atoms with van der Waals surface area (Å²) >= 11 is 0. The second-order valence-electron chi connectivity index (χ2n) is 6.60. The molecule has 2 N–H and O–H groups in total. The Hall–Kier alpha value is -1.65. The molecule has 21 heavy (non-hydrogen) atoms. The number of amides is 1. The van der Waals surface area contributed by atoms with Crippen molar-refractivity contribution in [3.05, 3.63) is 17.7 Å².